The lowest BCUT2D eigenvalue weighted by molar-refractivity contribution is -0.143. The van der Waals surface area contributed by atoms with Gasteiger partial charge in [-0.05, 0) is 24.6 Å². The van der Waals surface area contributed by atoms with E-state index in [2.05, 4.69) is 20.4 Å². The molecule has 0 radical (unpaired) electrons. The van der Waals surface area contributed by atoms with Gasteiger partial charge < -0.3 is 20.1 Å². The van der Waals surface area contributed by atoms with Gasteiger partial charge in [0.15, 0.2) is 17.2 Å². The molecule has 11 heteroatoms. The highest BCUT2D eigenvalue weighted by Crippen LogP contribution is 2.36. The van der Waals surface area contributed by atoms with Crippen LogP contribution >= 0.6 is 11.3 Å². The highest BCUT2D eigenvalue weighted by molar-refractivity contribution is 7.13. The molecule has 0 spiro atoms. The normalized spacial score (nSPS) is 17.7. The largest absolute Gasteiger partial charge is 0.488 e. The van der Waals surface area contributed by atoms with Crippen LogP contribution in [0.4, 0.5) is 11.8 Å². The first-order valence-electron chi connectivity index (χ1n) is 11.2. The van der Waals surface area contributed by atoms with Gasteiger partial charge in [0, 0.05) is 44.2 Å². The van der Waals surface area contributed by atoms with E-state index in [-0.39, 0.29) is 5.91 Å². The lowest BCUT2D eigenvalue weighted by atomic mass is 9.91. The number of benzene rings is 1. The van der Waals surface area contributed by atoms with Crippen LogP contribution in [-0.2, 0) is 17.4 Å². The molecule has 1 atom stereocenters. The number of carbonyl (C=O) groups is 1. The number of thiazole rings is 1. The molecular weight excluding hydrogens is 466 g/mol. The fourth-order valence-electron chi connectivity index (χ4n) is 4.04. The number of hydrogen-bond acceptors (Lipinski definition) is 9. The number of rotatable bonds is 7. The minimum Gasteiger partial charge on any atom is -0.488 e. The van der Waals surface area contributed by atoms with Crippen LogP contribution in [0.5, 0.6) is 5.75 Å². The van der Waals surface area contributed by atoms with Gasteiger partial charge in [-0.1, -0.05) is 18.2 Å². The Bertz CT molecular complexity index is 1380. The van der Waals surface area contributed by atoms with Gasteiger partial charge in [-0.2, -0.15) is 5.10 Å². The fraction of sp³-hybridized carbons (Fsp3) is 0.292. The summed E-state index contributed by atoms with van der Waals surface area (Å²) < 4.78 is 7.27. The van der Waals surface area contributed by atoms with Gasteiger partial charge in [0.05, 0.1) is 18.5 Å². The Morgan fingerprint density at radius 2 is 2.09 bits per heavy atom. The summed E-state index contributed by atoms with van der Waals surface area (Å²) >= 11 is 1.47. The Kier molecular flexibility index (Phi) is 5.95. The third-order valence-electron chi connectivity index (χ3n) is 5.84. The van der Waals surface area contributed by atoms with Crippen molar-refractivity contribution in [1.82, 2.24) is 29.6 Å². The number of amides is 1. The molecule has 5 rings (SSSR count). The van der Waals surface area contributed by atoms with Gasteiger partial charge in [0.25, 0.3) is 5.91 Å². The van der Waals surface area contributed by atoms with Crippen LogP contribution in [0.25, 0.3) is 22.0 Å². The van der Waals surface area contributed by atoms with Crippen molar-refractivity contribution in [3.63, 3.8) is 0 Å². The van der Waals surface area contributed by atoms with E-state index in [1.54, 1.807) is 41.2 Å². The third-order valence-corrected chi connectivity index (χ3v) is 6.74. The highest BCUT2D eigenvalue weighted by atomic mass is 32.1. The summed E-state index contributed by atoms with van der Waals surface area (Å²) in [5, 5.41) is 21.2. The van der Waals surface area contributed by atoms with Crippen molar-refractivity contribution in [1.29, 1.82) is 0 Å². The summed E-state index contributed by atoms with van der Waals surface area (Å²) in [7, 11) is 3.52. The van der Waals surface area contributed by atoms with Crippen molar-refractivity contribution in [3.8, 4) is 27.7 Å². The number of likely N-dealkylation sites (N-methyl/N-ethyl adjacent to an activating group) is 1. The lowest BCUT2D eigenvalue weighted by Crippen LogP contribution is -2.36. The number of likely N-dealkylation sites (tertiary alicyclic amines) is 1. The fourth-order valence-corrected chi connectivity index (χ4v) is 4.85. The van der Waals surface area contributed by atoms with Crippen LogP contribution in [0, 0.1) is 0 Å². The maximum Gasteiger partial charge on any atom is 0.258 e. The first kappa shape index (κ1) is 22.9. The summed E-state index contributed by atoms with van der Waals surface area (Å²) in [5.74, 6) is 1.25. The smallest absolute Gasteiger partial charge is 0.258 e. The van der Waals surface area contributed by atoms with Crippen LogP contribution < -0.4 is 10.1 Å². The van der Waals surface area contributed by atoms with E-state index in [1.807, 2.05) is 37.6 Å². The van der Waals surface area contributed by atoms with Gasteiger partial charge in [-0.25, -0.2) is 15.0 Å². The number of nitrogens with zero attached hydrogens (tertiary/aromatic N) is 6. The van der Waals surface area contributed by atoms with Gasteiger partial charge in [-0.3, -0.25) is 9.48 Å². The molecule has 180 valence electrons. The molecule has 4 heterocycles. The number of ether oxygens (including phenoxy) is 1. The van der Waals surface area contributed by atoms with E-state index >= 15 is 0 Å². The zero-order valence-electron chi connectivity index (χ0n) is 19.6. The summed E-state index contributed by atoms with van der Waals surface area (Å²) in [6.07, 6.45) is 3.81. The molecule has 0 saturated carbocycles. The second kappa shape index (κ2) is 9.08. The summed E-state index contributed by atoms with van der Waals surface area (Å²) in [4.78, 5) is 27.7. The number of aryl methyl sites for hydroxylation is 1. The van der Waals surface area contributed by atoms with Crippen molar-refractivity contribution in [2.24, 2.45) is 7.05 Å². The monoisotopic (exact) mass is 491 g/mol. The van der Waals surface area contributed by atoms with Crippen molar-refractivity contribution < 1.29 is 14.6 Å². The average Bonchev–Trinajstić information content (AvgIpc) is 3.55. The van der Waals surface area contributed by atoms with E-state index in [0.29, 0.717) is 54.0 Å². The van der Waals surface area contributed by atoms with Crippen LogP contribution in [-0.4, -0.2) is 60.8 Å². The lowest BCUT2D eigenvalue weighted by Gasteiger charge is -2.21. The van der Waals surface area contributed by atoms with Crippen molar-refractivity contribution in [3.05, 3.63) is 53.7 Å². The van der Waals surface area contributed by atoms with Gasteiger partial charge >= 0.3 is 0 Å². The minimum absolute atomic E-state index is 0.282. The van der Waals surface area contributed by atoms with Crippen LogP contribution in [0.1, 0.15) is 18.9 Å². The summed E-state index contributed by atoms with van der Waals surface area (Å²) in [5.41, 5.74) is 1.26. The molecule has 4 aromatic rings. The summed E-state index contributed by atoms with van der Waals surface area (Å²) in [6, 6.07) is 9.17. The molecule has 1 unspecified atom stereocenters. The molecule has 1 saturated heterocycles. The van der Waals surface area contributed by atoms with Gasteiger partial charge in [0.1, 0.15) is 10.7 Å². The predicted molar refractivity (Wildman–Crippen MR) is 132 cm³/mol. The first-order valence-corrected chi connectivity index (χ1v) is 12.1. The first-order chi connectivity index (χ1) is 16.9. The highest BCUT2D eigenvalue weighted by Gasteiger charge is 2.45. The van der Waals surface area contributed by atoms with Crippen LogP contribution in [0.15, 0.2) is 48.1 Å². The Balaban J connectivity index is 1.40. The molecule has 1 aromatic carbocycles. The SMILES string of the molecule is CCOc1cn(C)nc1Nc1nccc(-c2csc(-c3cccc(C4(O)CCN(C)C4=O)c3)n2)n1. The maximum absolute atomic E-state index is 12.5. The third kappa shape index (κ3) is 4.35. The van der Waals surface area contributed by atoms with Gasteiger partial charge in [-0.15, -0.1) is 11.3 Å². The molecule has 1 aliphatic rings. The van der Waals surface area contributed by atoms with E-state index in [0.717, 1.165) is 10.6 Å². The number of nitrogens with one attached hydrogen (secondary N) is 1. The molecular formula is C24H25N7O3S. The minimum atomic E-state index is -1.50. The predicted octanol–water partition coefficient (Wildman–Crippen LogP) is 3.19. The molecule has 0 aliphatic carbocycles. The molecule has 1 fully saturated rings. The topological polar surface area (TPSA) is 118 Å². The quantitative estimate of drug-likeness (QED) is 0.405. The Morgan fingerprint density at radius 3 is 2.86 bits per heavy atom. The molecule has 35 heavy (non-hydrogen) atoms. The van der Waals surface area contributed by atoms with Crippen LogP contribution in [0.3, 0.4) is 0 Å². The number of hydrogen-bond donors (Lipinski definition) is 2. The Labute approximate surface area is 206 Å². The molecule has 0 bridgehead atoms. The van der Waals surface area contributed by atoms with E-state index in [9.17, 15) is 9.90 Å². The molecule has 3 aromatic heterocycles. The zero-order valence-corrected chi connectivity index (χ0v) is 20.4. The van der Waals surface area contributed by atoms with Crippen molar-refractivity contribution in [2.75, 3.05) is 25.5 Å². The molecule has 1 aliphatic heterocycles. The van der Waals surface area contributed by atoms with Crippen molar-refractivity contribution >= 4 is 29.0 Å². The number of aliphatic hydroxyl groups is 1. The van der Waals surface area contributed by atoms with Crippen molar-refractivity contribution in [2.45, 2.75) is 18.9 Å². The number of carbonyl (C=O) groups excluding carboxylic acids is 1. The number of anilines is 2. The molecule has 10 nitrogen and oxygen atoms in total. The van der Waals surface area contributed by atoms with Crippen LogP contribution in [0.2, 0.25) is 0 Å². The second-order valence-corrected chi connectivity index (χ2v) is 9.15. The molecule has 2 N–H and O–H groups in total. The Hall–Kier alpha value is -3.83. The van der Waals surface area contributed by atoms with E-state index in [1.165, 1.54) is 11.3 Å². The Morgan fingerprint density at radius 1 is 1.23 bits per heavy atom. The van der Waals surface area contributed by atoms with E-state index in [4.69, 9.17) is 9.72 Å². The average molecular weight is 492 g/mol. The zero-order chi connectivity index (χ0) is 24.6. The molecule has 1 amide bonds. The van der Waals surface area contributed by atoms with E-state index < -0.39 is 5.60 Å². The standard InChI is InChI=1S/C24H25N7O3S/c1-4-34-19-13-31(3)29-20(19)28-23-25-10-8-17(27-23)18-14-35-21(26-18)15-6-5-7-16(12-15)24(33)9-11-30(2)22(24)32/h5-8,10,12-14,33H,4,9,11H2,1-3H3,(H,25,27,28,29). The number of aromatic nitrogens is 5. The summed E-state index contributed by atoms with van der Waals surface area (Å²) in [6.45, 7) is 2.95. The van der Waals surface area contributed by atoms with Gasteiger partial charge in [0.2, 0.25) is 5.95 Å². The second-order valence-electron chi connectivity index (χ2n) is 8.29. The maximum atomic E-state index is 12.5.